The summed E-state index contributed by atoms with van der Waals surface area (Å²) in [5, 5.41) is 0. The number of hydrogen-bond donors (Lipinski definition) is 0. The van der Waals surface area contributed by atoms with Gasteiger partial charge in [0.2, 0.25) is 5.91 Å². The monoisotopic (exact) mass is 437 g/mol. The molecule has 5 nitrogen and oxygen atoms in total. The van der Waals surface area contributed by atoms with Crippen LogP contribution in [0.1, 0.15) is 35.7 Å². The topological polar surface area (TPSA) is 43.9 Å². The molecule has 2 amide bonds. The molecule has 0 N–H and O–H groups in total. The number of halogens is 1. The van der Waals surface area contributed by atoms with E-state index in [1.807, 2.05) is 17.9 Å². The summed E-state index contributed by atoms with van der Waals surface area (Å²) in [5.41, 5.74) is 1.88. The third-order valence-electron chi connectivity index (χ3n) is 6.89. The molecule has 2 heterocycles. The average Bonchev–Trinajstić information content (AvgIpc) is 2.84. The first-order valence-corrected chi connectivity index (χ1v) is 11.6. The van der Waals surface area contributed by atoms with Crippen LogP contribution in [0.15, 0.2) is 54.6 Å². The summed E-state index contributed by atoms with van der Waals surface area (Å²) in [6.45, 7) is 6.12. The van der Waals surface area contributed by atoms with Crippen LogP contribution in [-0.4, -0.2) is 71.8 Å². The zero-order chi connectivity index (χ0) is 22.5. The van der Waals surface area contributed by atoms with E-state index in [-0.39, 0.29) is 23.7 Å². The van der Waals surface area contributed by atoms with Gasteiger partial charge in [0.05, 0.1) is 6.04 Å². The molecule has 0 aliphatic carbocycles. The second-order valence-electron chi connectivity index (χ2n) is 8.97. The molecule has 2 aromatic rings. The van der Waals surface area contributed by atoms with Crippen molar-refractivity contribution in [2.24, 2.45) is 5.92 Å². The lowest BCUT2D eigenvalue weighted by atomic mass is 9.90. The van der Waals surface area contributed by atoms with Crippen LogP contribution in [0.2, 0.25) is 0 Å². The molecule has 2 fully saturated rings. The summed E-state index contributed by atoms with van der Waals surface area (Å²) >= 11 is 0. The Balaban J connectivity index is 1.23. The molecule has 1 atom stereocenters. The van der Waals surface area contributed by atoms with Gasteiger partial charge >= 0.3 is 0 Å². The average molecular weight is 438 g/mol. The fourth-order valence-corrected chi connectivity index (χ4v) is 4.81. The molecule has 170 valence electrons. The van der Waals surface area contributed by atoms with Crippen molar-refractivity contribution in [1.29, 1.82) is 0 Å². The highest BCUT2D eigenvalue weighted by molar-refractivity contribution is 5.94. The van der Waals surface area contributed by atoms with E-state index in [1.54, 1.807) is 4.90 Å². The first kappa shape index (κ1) is 22.5. The molecular formula is C26H32FN3O2. The first-order chi connectivity index (χ1) is 15.5. The quantitative estimate of drug-likeness (QED) is 0.720. The zero-order valence-electron chi connectivity index (χ0n) is 18.8. The number of carbonyl (C=O) groups is 2. The fourth-order valence-electron chi connectivity index (χ4n) is 4.81. The maximum Gasteiger partial charge on any atom is 0.253 e. The van der Waals surface area contributed by atoms with Gasteiger partial charge in [-0.1, -0.05) is 30.3 Å². The Labute approximate surface area is 189 Å². The lowest BCUT2D eigenvalue weighted by Gasteiger charge is -2.40. The fraction of sp³-hybridized carbons (Fsp3) is 0.462. The number of hydrogen-bond acceptors (Lipinski definition) is 3. The van der Waals surface area contributed by atoms with E-state index in [9.17, 15) is 14.0 Å². The van der Waals surface area contributed by atoms with Crippen molar-refractivity contribution in [3.8, 4) is 0 Å². The highest BCUT2D eigenvalue weighted by Gasteiger charge is 2.32. The number of amides is 2. The lowest BCUT2D eigenvalue weighted by molar-refractivity contribution is -0.138. The molecule has 0 bridgehead atoms. The van der Waals surface area contributed by atoms with Gasteiger partial charge in [-0.15, -0.1) is 0 Å². The van der Waals surface area contributed by atoms with Crippen molar-refractivity contribution < 1.29 is 14.0 Å². The Hall–Kier alpha value is -2.73. The maximum atomic E-state index is 13.1. The van der Waals surface area contributed by atoms with Crippen molar-refractivity contribution in [2.75, 3.05) is 39.3 Å². The van der Waals surface area contributed by atoms with Gasteiger partial charge in [-0.2, -0.15) is 0 Å². The van der Waals surface area contributed by atoms with Crippen molar-refractivity contribution in [3.63, 3.8) is 0 Å². The van der Waals surface area contributed by atoms with Gasteiger partial charge in [-0.25, -0.2) is 4.39 Å². The van der Waals surface area contributed by atoms with E-state index in [2.05, 4.69) is 29.2 Å². The molecule has 2 aromatic carbocycles. The minimum absolute atomic E-state index is 0.0795. The van der Waals surface area contributed by atoms with Crippen LogP contribution in [0.4, 0.5) is 4.39 Å². The Morgan fingerprint density at radius 3 is 2.12 bits per heavy atom. The second-order valence-corrected chi connectivity index (χ2v) is 8.97. The summed E-state index contributed by atoms with van der Waals surface area (Å²) in [6.07, 6.45) is 3.18. The van der Waals surface area contributed by atoms with Gasteiger partial charge in [0.15, 0.2) is 0 Å². The van der Waals surface area contributed by atoms with Crippen LogP contribution < -0.4 is 0 Å². The summed E-state index contributed by atoms with van der Waals surface area (Å²) in [4.78, 5) is 31.7. The highest BCUT2D eigenvalue weighted by atomic mass is 19.1. The number of likely N-dealkylation sites (tertiary alicyclic amines) is 1. The van der Waals surface area contributed by atoms with Crippen molar-refractivity contribution >= 4 is 11.8 Å². The van der Waals surface area contributed by atoms with E-state index >= 15 is 0 Å². The molecule has 0 radical (unpaired) electrons. The van der Waals surface area contributed by atoms with Gasteiger partial charge in [0.1, 0.15) is 5.82 Å². The van der Waals surface area contributed by atoms with Gasteiger partial charge in [0, 0.05) is 44.8 Å². The summed E-state index contributed by atoms with van der Waals surface area (Å²) in [6, 6.07) is 16.1. The van der Waals surface area contributed by atoms with Crippen LogP contribution in [0, 0.1) is 11.7 Å². The number of piperidine rings is 1. The smallest absolute Gasteiger partial charge is 0.253 e. The molecule has 4 rings (SSSR count). The molecule has 0 spiro atoms. The van der Waals surface area contributed by atoms with E-state index in [4.69, 9.17) is 0 Å². The summed E-state index contributed by atoms with van der Waals surface area (Å²) < 4.78 is 13.1. The largest absolute Gasteiger partial charge is 0.341 e. The van der Waals surface area contributed by atoms with E-state index in [0.717, 1.165) is 32.4 Å². The lowest BCUT2D eigenvalue weighted by Crippen LogP contribution is -2.56. The predicted octanol–water partition coefficient (Wildman–Crippen LogP) is 3.45. The molecule has 0 saturated carbocycles. The Morgan fingerprint density at radius 1 is 0.875 bits per heavy atom. The second kappa shape index (κ2) is 10.3. The number of piperazine rings is 1. The standard InChI is InChI=1S/C26H32FN3O2/c1-20(25(31)29-13-11-22(12-14-29)19-21-5-3-2-4-6-21)28-15-17-30(18-16-28)26(32)23-7-9-24(27)10-8-23/h2-10,20,22H,11-19H2,1H3. The van der Waals surface area contributed by atoms with Crippen molar-refractivity contribution in [1.82, 2.24) is 14.7 Å². The number of rotatable bonds is 5. The predicted molar refractivity (Wildman–Crippen MR) is 123 cm³/mol. The summed E-state index contributed by atoms with van der Waals surface area (Å²) in [7, 11) is 0. The van der Waals surface area contributed by atoms with E-state index in [0.29, 0.717) is 37.7 Å². The third-order valence-corrected chi connectivity index (χ3v) is 6.89. The molecule has 32 heavy (non-hydrogen) atoms. The molecule has 1 unspecified atom stereocenters. The van der Waals surface area contributed by atoms with Crippen molar-refractivity contribution in [2.45, 2.75) is 32.2 Å². The van der Waals surface area contributed by atoms with Crippen LogP contribution >= 0.6 is 0 Å². The third kappa shape index (κ3) is 5.36. The molecule has 0 aromatic heterocycles. The minimum Gasteiger partial charge on any atom is -0.341 e. The number of benzene rings is 2. The minimum atomic E-state index is -0.345. The van der Waals surface area contributed by atoms with Gasteiger partial charge < -0.3 is 9.80 Å². The molecular weight excluding hydrogens is 405 g/mol. The van der Waals surface area contributed by atoms with Crippen LogP contribution in [0.3, 0.4) is 0 Å². The normalized spacial score (nSPS) is 19.1. The first-order valence-electron chi connectivity index (χ1n) is 11.6. The molecule has 2 aliphatic rings. The SMILES string of the molecule is CC(C(=O)N1CCC(Cc2ccccc2)CC1)N1CCN(C(=O)c2ccc(F)cc2)CC1. The maximum absolute atomic E-state index is 13.1. The molecule has 2 saturated heterocycles. The van der Waals surface area contributed by atoms with Crippen LogP contribution in [0.25, 0.3) is 0 Å². The van der Waals surface area contributed by atoms with Gasteiger partial charge in [0.25, 0.3) is 5.91 Å². The molecule has 6 heteroatoms. The number of nitrogens with zero attached hydrogens (tertiary/aromatic N) is 3. The van der Waals surface area contributed by atoms with Gasteiger partial charge in [-0.3, -0.25) is 14.5 Å². The summed E-state index contributed by atoms with van der Waals surface area (Å²) in [5.74, 6) is 0.408. The van der Waals surface area contributed by atoms with Crippen LogP contribution in [-0.2, 0) is 11.2 Å². The highest BCUT2D eigenvalue weighted by Crippen LogP contribution is 2.23. The van der Waals surface area contributed by atoms with Gasteiger partial charge in [-0.05, 0) is 61.9 Å². The Bertz CT molecular complexity index is 902. The number of carbonyl (C=O) groups excluding carboxylic acids is 2. The van der Waals surface area contributed by atoms with Crippen LogP contribution in [0.5, 0.6) is 0 Å². The van der Waals surface area contributed by atoms with E-state index in [1.165, 1.54) is 29.8 Å². The van der Waals surface area contributed by atoms with E-state index < -0.39 is 0 Å². The van der Waals surface area contributed by atoms with Crippen molar-refractivity contribution in [3.05, 3.63) is 71.5 Å². The molecule has 2 aliphatic heterocycles. The zero-order valence-corrected chi connectivity index (χ0v) is 18.8. The Morgan fingerprint density at radius 2 is 1.50 bits per heavy atom. The Kier molecular flexibility index (Phi) is 7.20.